The molecule has 0 heterocycles. The van der Waals surface area contributed by atoms with E-state index in [1.54, 1.807) is 18.0 Å². The Kier molecular flexibility index (Phi) is 4.02. The molecule has 0 saturated heterocycles. The second kappa shape index (κ2) is 5.43. The van der Waals surface area contributed by atoms with Gasteiger partial charge in [0.05, 0.1) is 5.56 Å². The lowest BCUT2D eigenvalue weighted by atomic mass is 9.75. The summed E-state index contributed by atoms with van der Waals surface area (Å²) in [4.78, 5) is 14.1. The van der Waals surface area contributed by atoms with Gasteiger partial charge in [0.2, 0.25) is 0 Å². The minimum atomic E-state index is -0.544. The zero-order valence-electron chi connectivity index (χ0n) is 12.4. The van der Waals surface area contributed by atoms with Gasteiger partial charge in [0, 0.05) is 18.8 Å². The topological polar surface area (TPSA) is 46.3 Å². The van der Waals surface area contributed by atoms with Crippen LogP contribution in [0.4, 0.5) is 10.1 Å². The Labute approximate surface area is 120 Å². The predicted octanol–water partition coefficient (Wildman–Crippen LogP) is 3.45. The number of amides is 1. The third kappa shape index (κ3) is 3.11. The van der Waals surface area contributed by atoms with E-state index >= 15 is 0 Å². The number of carbonyl (C=O) groups excluding carboxylic acids is 1. The number of nitrogen functional groups attached to an aromatic ring is 1. The summed E-state index contributed by atoms with van der Waals surface area (Å²) in [6.45, 7) is 4.51. The average Bonchev–Trinajstić information content (AvgIpc) is 2.37. The number of carbonyl (C=O) groups is 1. The molecule has 0 spiro atoms. The molecular formula is C16H23FN2O. The number of nitrogens with zero attached hydrogens (tertiary/aromatic N) is 1. The van der Waals surface area contributed by atoms with Crippen molar-refractivity contribution in [3.8, 4) is 0 Å². The van der Waals surface area contributed by atoms with Gasteiger partial charge in [-0.3, -0.25) is 4.79 Å². The lowest BCUT2D eigenvalue weighted by Gasteiger charge is -2.38. The molecule has 1 amide bonds. The highest BCUT2D eigenvalue weighted by Crippen LogP contribution is 2.36. The predicted molar refractivity (Wildman–Crippen MR) is 78.9 cm³/mol. The first kappa shape index (κ1) is 14.8. The number of hydrogen-bond acceptors (Lipinski definition) is 2. The van der Waals surface area contributed by atoms with E-state index in [1.165, 1.54) is 12.1 Å². The fraction of sp³-hybridized carbons (Fsp3) is 0.562. The Morgan fingerprint density at radius 2 is 1.95 bits per heavy atom. The Morgan fingerprint density at radius 3 is 2.50 bits per heavy atom. The van der Waals surface area contributed by atoms with Crippen molar-refractivity contribution >= 4 is 11.6 Å². The molecule has 0 atom stereocenters. The summed E-state index contributed by atoms with van der Waals surface area (Å²) in [6.07, 6.45) is 4.15. The van der Waals surface area contributed by atoms with Crippen LogP contribution in [0.15, 0.2) is 18.2 Å². The maximum Gasteiger partial charge on any atom is 0.256 e. The zero-order valence-corrected chi connectivity index (χ0v) is 12.4. The van der Waals surface area contributed by atoms with Crippen LogP contribution in [-0.2, 0) is 0 Å². The highest BCUT2D eigenvalue weighted by Gasteiger charge is 2.31. The van der Waals surface area contributed by atoms with Gasteiger partial charge >= 0.3 is 0 Å². The van der Waals surface area contributed by atoms with E-state index in [9.17, 15) is 9.18 Å². The van der Waals surface area contributed by atoms with Gasteiger partial charge in [0.25, 0.3) is 5.91 Å². The molecule has 0 radical (unpaired) electrons. The SMILES string of the molecule is CN(C(=O)c1ccc(N)cc1F)C1CCC(C)(C)CC1. The van der Waals surface area contributed by atoms with Crippen LogP contribution in [0.3, 0.4) is 0 Å². The minimum Gasteiger partial charge on any atom is -0.399 e. The van der Waals surface area contributed by atoms with Crippen molar-refractivity contribution in [2.24, 2.45) is 5.41 Å². The zero-order chi connectivity index (χ0) is 14.9. The van der Waals surface area contributed by atoms with Crippen molar-refractivity contribution in [3.05, 3.63) is 29.6 Å². The van der Waals surface area contributed by atoms with Crippen LogP contribution in [-0.4, -0.2) is 23.9 Å². The molecule has 1 aliphatic rings. The van der Waals surface area contributed by atoms with Gasteiger partial charge in [-0.05, 0) is 49.3 Å². The summed E-state index contributed by atoms with van der Waals surface area (Å²) >= 11 is 0. The molecule has 2 rings (SSSR count). The van der Waals surface area contributed by atoms with Crippen LogP contribution < -0.4 is 5.73 Å². The first-order valence-electron chi connectivity index (χ1n) is 7.12. The molecule has 1 aromatic rings. The Hall–Kier alpha value is -1.58. The van der Waals surface area contributed by atoms with E-state index in [2.05, 4.69) is 13.8 Å². The molecule has 110 valence electrons. The summed E-state index contributed by atoms with van der Waals surface area (Å²) in [5.41, 5.74) is 6.30. The minimum absolute atomic E-state index is 0.103. The molecule has 1 saturated carbocycles. The quantitative estimate of drug-likeness (QED) is 0.842. The number of hydrogen-bond donors (Lipinski definition) is 1. The van der Waals surface area contributed by atoms with E-state index in [0.29, 0.717) is 11.1 Å². The monoisotopic (exact) mass is 278 g/mol. The summed E-state index contributed by atoms with van der Waals surface area (Å²) < 4.78 is 13.8. The average molecular weight is 278 g/mol. The Morgan fingerprint density at radius 1 is 1.35 bits per heavy atom. The van der Waals surface area contributed by atoms with Crippen molar-refractivity contribution in [2.75, 3.05) is 12.8 Å². The second-order valence-electron chi connectivity index (χ2n) is 6.55. The summed E-state index contributed by atoms with van der Waals surface area (Å²) in [7, 11) is 1.76. The first-order chi connectivity index (χ1) is 9.30. The van der Waals surface area contributed by atoms with E-state index in [0.717, 1.165) is 25.7 Å². The van der Waals surface area contributed by atoms with Crippen LogP contribution in [0, 0.1) is 11.2 Å². The number of nitrogens with two attached hydrogens (primary N) is 1. The Balaban J connectivity index is 2.09. The maximum atomic E-state index is 13.8. The maximum absolute atomic E-state index is 13.8. The van der Waals surface area contributed by atoms with Gasteiger partial charge in [0.15, 0.2) is 0 Å². The standard InChI is InChI=1S/C16H23FN2O/c1-16(2)8-6-12(7-9-16)19(3)15(20)13-5-4-11(18)10-14(13)17/h4-5,10,12H,6-9,18H2,1-3H3. The molecule has 4 heteroatoms. The number of anilines is 1. The Bertz CT molecular complexity index is 503. The van der Waals surface area contributed by atoms with E-state index in [1.807, 2.05) is 0 Å². The summed E-state index contributed by atoms with van der Waals surface area (Å²) in [5.74, 6) is -0.801. The summed E-state index contributed by atoms with van der Waals surface area (Å²) in [6, 6.07) is 4.43. The first-order valence-corrected chi connectivity index (χ1v) is 7.12. The van der Waals surface area contributed by atoms with Crippen LogP contribution in [0.5, 0.6) is 0 Å². The lowest BCUT2D eigenvalue weighted by molar-refractivity contribution is 0.0631. The van der Waals surface area contributed by atoms with Crippen molar-refractivity contribution in [1.82, 2.24) is 4.90 Å². The van der Waals surface area contributed by atoms with Crippen molar-refractivity contribution in [2.45, 2.75) is 45.6 Å². The van der Waals surface area contributed by atoms with Crippen molar-refractivity contribution < 1.29 is 9.18 Å². The summed E-state index contributed by atoms with van der Waals surface area (Å²) in [5, 5.41) is 0. The van der Waals surface area contributed by atoms with Crippen LogP contribution in [0.25, 0.3) is 0 Å². The number of rotatable bonds is 2. The lowest BCUT2D eigenvalue weighted by Crippen LogP contribution is -2.41. The van der Waals surface area contributed by atoms with E-state index in [-0.39, 0.29) is 17.5 Å². The van der Waals surface area contributed by atoms with Crippen LogP contribution >= 0.6 is 0 Å². The highest BCUT2D eigenvalue weighted by atomic mass is 19.1. The molecule has 2 N–H and O–H groups in total. The molecule has 0 aliphatic heterocycles. The fourth-order valence-electron chi connectivity index (χ4n) is 2.83. The third-order valence-electron chi connectivity index (χ3n) is 4.40. The molecule has 1 aromatic carbocycles. The molecule has 0 unspecified atom stereocenters. The van der Waals surface area contributed by atoms with Crippen molar-refractivity contribution in [1.29, 1.82) is 0 Å². The van der Waals surface area contributed by atoms with Gasteiger partial charge in [0.1, 0.15) is 5.82 Å². The second-order valence-corrected chi connectivity index (χ2v) is 6.55. The van der Waals surface area contributed by atoms with Gasteiger partial charge < -0.3 is 10.6 Å². The normalized spacial score (nSPS) is 18.8. The molecular weight excluding hydrogens is 255 g/mol. The van der Waals surface area contributed by atoms with Gasteiger partial charge in [-0.2, -0.15) is 0 Å². The van der Waals surface area contributed by atoms with E-state index in [4.69, 9.17) is 5.73 Å². The molecule has 0 bridgehead atoms. The van der Waals surface area contributed by atoms with Gasteiger partial charge in [-0.25, -0.2) is 4.39 Å². The van der Waals surface area contributed by atoms with Crippen LogP contribution in [0.2, 0.25) is 0 Å². The van der Waals surface area contributed by atoms with Crippen molar-refractivity contribution in [3.63, 3.8) is 0 Å². The highest BCUT2D eigenvalue weighted by molar-refractivity contribution is 5.94. The van der Waals surface area contributed by atoms with Gasteiger partial charge in [-0.15, -0.1) is 0 Å². The van der Waals surface area contributed by atoms with Crippen LogP contribution in [0.1, 0.15) is 49.9 Å². The molecule has 1 fully saturated rings. The smallest absolute Gasteiger partial charge is 0.256 e. The fourth-order valence-corrected chi connectivity index (χ4v) is 2.83. The number of halogens is 1. The van der Waals surface area contributed by atoms with Gasteiger partial charge in [-0.1, -0.05) is 13.8 Å². The number of benzene rings is 1. The largest absolute Gasteiger partial charge is 0.399 e. The van der Waals surface area contributed by atoms with E-state index < -0.39 is 5.82 Å². The molecule has 1 aliphatic carbocycles. The molecule has 0 aromatic heterocycles. The third-order valence-corrected chi connectivity index (χ3v) is 4.40. The molecule has 3 nitrogen and oxygen atoms in total. The molecule has 20 heavy (non-hydrogen) atoms.